The van der Waals surface area contributed by atoms with E-state index in [1.165, 1.54) is 6.08 Å². The van der Waals surface area contributed by atoms with Crippen molar-refractivity contribution in [1.82, 2.24) is 0 Å². The summed E-state index contributed by atoms with van der Waals surface area (Å²) in [6.07, 6.45) is 4.43. The lowest BCUT2D eigenvalue weighted by Gasteiger charge is -2.23. The molecule has 0 radical (unpaired) electrons. The average molecular weight is 440 g/mol. The van der Waals surface area contributed by atoms with E-state index in [2.05, 4.69) is 5.32 Å². The molecule has 2 aromatic rings. The number of phenols is 1. The van der Waals surface area contributed by atoms with Crippen LogP contribution in [0, 0.1) is 19.3 Å². The summed E-state index contributed by atoms with van der Waals surface area (Å²) in [6.45, 7) is 10.1. The van der Waals surface area contributed by atoms with Gasteiger partial charge in [0.1, 0.15) is 11.5 Å². The monoisotopic (exact) mass is 439 g/mol. The van der Waals surface area contributed by atoms with E-state index in [-0.39, 0.29) is 17.6 Å². The van der Waals surface area contributed by atoms with Crippen molar-refractivity contribution in [2.24, 2.45) is 5.41 Å². The Morgan fingerprint density at radius 3 is 2.44 bits per heavy atom. The van der Waals surface area contributed by atoms with E-state index >= 15 is 0 Å². The van der Waals surface area contributed by atoms with Gasteiger partial charge in [0.2, 0.25) is 5.91 Å². The average Bonchev–Trinajstić information content (AvgIpc) is 2.74. The van der Waals surface area contributed by atoms with Gasteiger partial charge in [-0.2, -0.15) is 0 Å². The number of aryl methyl sites for hydroxylation is 2. The molecule has 2 rings (SSSR count). The van der Waals surface area contributed by atoms with Gasteiger partial charge in [-0.1, -0.05) is 26.0 Å². The molecule has 0 spiro atoms. The Morgan fingerprint density at radius 1 is 1.09 bits per heavy atom. The zero-order chi connectivity index (χ0) is 23.7. The number of benzene rings is 2. The Hall–Kier alpha value is -3.28. The van der Waals surface area contributed by atoms with Crippen LogP contribution in [-0.4, -0.2) is 30.2 Å². The summed E-state index contributed by atoms with van der Waals surface area (Å²) in [4.78, 5) is 24.1. The Kier molecular flexibility index (Phi) is 8.88. The van der Waals surface area contributed by atoms with Gasteiger partial charge in [-0.3, -0.25) is 4.79 Å². The normalized spacial score (nSPS) is 11.4. The van der Waals surface area contributed by atoms with Crippen molar-refractivity contribution in [2.75, 3.05) is 18.5 Å². The van der Waals surface area contributed by atoms with Crippen LogP contribution in [0.3, 0.4) is 0 Å². The minimum Gasteiger partial charge on any atom is -0.508 e. The van der Waals surface area contributed by atoms with Crippen LogP contribution in [0.1, 0.15) is 50.3 Å². The summed E-state index contributed by atoms with van der Waals surface area (Å²) < 4.78 is 10.7. The summed E-state index contributed by atoms with van der Waals surface area (Å²) in [7, 11) is 0. The third-order valence-corrected chi connectivity index (χ3v) is 5.18. The summed E-state index contributed by atoms with van der Waals surface area (Å²) in [5, 5.41) is 12.7. The van der Waals surface area contributed by atoms with E-state index in [9.17, 15) is 14.7 Å². The van der Waals surface area contributed by atoms with E-state index in [1.807, 2.05) is 45.9 Å². The number of carbonyl (C=O) groups excluding carboxylic acids is 2. The summed E-state index contributed by atoms with van der Waals surface area (Å²) >= 11 is 0. The zero-order valence-electron chi connectivity index (χ0n) is 19.5. The minimum atomic E-state index is -0.564. The molecule has 0 aliphatic rings. The van der Waals surface area contributed by atoms with Gasteiger partial charge in [-0.05, 0) is 80.6 Å². The molecular weight excluding hydrogens is 406 g/mol. The topological polar surface area (TPSA) is 84.9 Å². The number of hydrogen-bond acceptors (Lipinski definition) is 5. The molecule has 0 bridgehead atoms. The van der Waals surface area contributed by atoms with Crippen molar-refractivity contribution in [1.29, 1.82) is 0 Å². The summed E-state index contributed by atoms with van der Waals surface area (Å²) in [5.41, 5.74) is 2.62. The highest BCUT2D eigenvalue weighted by molar-refractivity contribution is 5.95. The van der Waals surface area contributed by atoms with Gasteiger partial charge in [0, 0.05) is 17.2 Å². The molecule has 0 atom stereocenters. The van der Waals surface area contributed by atoms with Crippen LogP contribution < -0.4 is 10.1 Å². The molecule has 0 unspecified atom stereocenters. The van der Waals surface area contributed by atoms with E-state index < -0.39 is 5.41 Å². The van der Waals surface area contributed by atoms with Crippen molar-refractivity contribution in [3.05, 3.63) is 59.2 Å². The molecule has 32 heavy (non-hydrogen) atoms. The van der Waals surface area contributed by atoms with Gasteiger partial charge in [-0.15, -0.1) is 0 Å². The summed E-state index contributed by atoms with van der Waals surface area (Å²) in [5.74, 6) is 0.561. The zero-order valence-corrected chi connectivity index (χ0v) is 19.5. The highest BCUT2D eigenvalue weighted by atomic mass is 16.5. The van der Waals surface area contributed by atoms with Crippen molar-refractivity contribution in [3.8, 4) is 11.5 Å². The third kappa shape index (κ3) is 7.45. The van der Waals surface area contributed by atoms with Gasteiger partial charge in [0.15, 0.2) is 0 Å². The standard InChI is InChI=1S/C26H33NO5/c1-6-31-24(29)13-10-20-8-11-21(12-9-20)27-25(30)26(4,5)14-7-15-32-23-17-18(2)22(28)16-19(23)3/h8-13,16-17,28H,6-7,14-15H2,1-5H3,(H,27,30)/b13-10+. The molecule has 2 N–H and O–H groups in total. The van der Waals surface area contributed by atoms with Crippen LogP contribution in [0.25, 0.3) is 6.08 Å². The van der Waals surface area contributed by atoms with Crippen molar-refractivity contribution in [2.45, 2.75) is 47.5 Å². The predicted molar refractivity (Wildman–Crippen MR) is 127 cm³/mol. The number of nitrogens with one attached hydrogen (secondary N) is 1. The predicted octanol–water partition coefficient (Wildman–Crippen LogP) is 5.41. The number of hydrogen-bond donors (Lipinski definition) is 2. The SMILES string of the molecule is CCOC(=O)/C=C/c1ccc(NC(=O)C(C)(C)CCCOc2cc(C)c(O)cc2C)cc1. The van der Waals surface area contributed by atoms with Crippen LogP contribution in [0.5, 0.6) is 11.5 Å². The molecule has 0 fully saturated rings. The second kappa shape index (κ2) is 11.4. The molecule has 6 nitrogen and oxygen atoms in total. The molecule has 0 aliphatic carbocycles. The fourth-order valence-electron chi connectivity index (χ4n) is 3.07. The molecule has 0 aromatic heterocycles. The first kappa shape index (κ1) is 25.0. The number of anilines is 1. The lowest BCUT2D eigenvalue weighted by atomic mass is 9.87. The number of amides is 1. The smallest absolute Gasteiger partial charge is 0.330 e. The van der Waals surface area contributed by atoms with Gasteiger partial charge in [0.25, 0.3) is 0 Å². The van der Waals surface area contributed by atoms with Crippen LogP contribution >= 0.6 is 0 Å². The lowest BCUT2D eigenvalue weighted by molar-refractivity contribution is -0.137. The molecule has 172 valence electrons. The molecule has 6 heteroatoms. The maximum absolute atomic E-state index is 12.8. The minimum absolute atomic E-state index is 0.0658. The number of carbonyl (C=O) groups is 2. The van der Waals surface area contributed by atoms with Crippen molar-refractivity contribution < 1.29 is 24.2 Å². The first-order valence-corrected chi connectivity index (χ1v) is 10.8. The summed E-state index contributed by atoms with van der Waals surface area (Å²) in [6, 6.07) is 10.8. The van der Waals surface area contributed by atoms with Gasteiger partial charge >= 0.3 is 5.97 Å². The van der Waals surface area contributed by atoms with Gasteiger partial charge < -0.3 is 19.9 Å². The van der Waals surface area contributed by atoms with Crippen molar-refractivity contribution in [3.63, 3.8) is 0 Å². The second-order valence-electron chi connectivity index (χ2n) is 8.40. The van der Waals surface area contributed by atoms with Crippen LogP contribution in [0.2, 0.25) is 0 Å². The van der Waals surface area contributed by atoms with E-state index in [4.69, 9.17) is 9.47 Å². The van der Waals surface area contributed by atoms with E-state index in [0.717, 1.165) is 28.9 Å². The Morgan fingerprint density at radius 2 is 1.78 bits per heavy atom. The Balaban J connectivity index is 1.84. The number of ether oxygens (including phenoxy) is 2. The maximum Gasteiger partial charge on any atom is 0.330 e. The lowest BCUT2D eigenvalue weighted by Crippen LogP contribution is -2.31. The molecule has 1 amide bonds. The molecule has 0 heterocycles. The fraction of sp³-hybridized carbons (Fsp3) is 0.385. The first-order chi connectivity index (χ1) is 15.1. The Labute approximate surface area is 190 Å². The highest BCUT2D eigenvalue weighted by Crippen LogP contribution is 2.28. The number of rotatable bonds is 10. The van der Waals surface area contributed by atoms with Crippen LogP contribution in [-0.2, 0) is 14.3 Å². The largest absolute Gasteiger partial charge is 0.508 e. The first-order valence-electron chi connectivity index (χ1n) is 10.8. The van der Waals surface area contributed by atoms with E-state index in [1.54, 1.807) is 31.2 Å². The van der Waals surface area contributed by atoms with Crippen molar-refractivity contribution >= 4 is 23.6 Å². The molecule has 0 aliphatic heterocycles. The number of esters is 1. The number of aromatic hydroxyl groups is 1. The van der Waals surface area contributed by atoms with Crippen LogP contribution in [0.15, 0.2) is 42.5 Å². The fourth-order valence-corrected chi connectivity index (χ4v) is 3.07. The van der Waals surface area contributed by atoms with Crippen LogP contribution in [0.4, 0.5) is 5.69 Å². The molecule has 2 aromatic carbocycles. The second-order valence-corrected chi connectivity index (χ2v) is 8.40. The molecule has 0 saturated heterocycles. The van der Waals surface area contributed by atoms with Gasteiger partial charge in [-0.25, -0.2) is 4.79 Å². The van der Waals surface area contributed by atoms with E-state index in [0.29, 0.717) is 25.3 Å². The Bertz CT molecular complexity index is 961. The quantitative estimate of drug-likeness (QED) is 0.294. The molecular formula is C26H33NO5. The number of phenolic OH excluding ortho intramolecular Hbond substituents is 1. The third-order valence-electron chi connectivity index (χ3n) is 5.18. The maximum atomic E-state index is 12.8. The molecule has 0 saturated carbocycles. The van der Waals surface area contributed by atoms with Gasteiger partial charge in [0.05, 0.1) is 13.2 Å². The highest BCUT2D eigenvalue weighted by Gasteiger charge is 2.27.